The van der Waals surface area contributed by atoms with Gasteiger partial charge in [-0.25, -0.2) is 0 Å². The van der Waals surface area contributed by atoms with Gasteiger partial charge in [0.2, 0.25) is 0 Å². The highest BCUT2D eigenvalue weighted by molar-refractivity contribution is 14.0. The summed E-state index contributed by atoms with van der Waals surface area (Å²) in [4.78, 5) is 4.26. The van der Waals surface area contributed by atoms with Crippen LogP contribution in [0.25, 0.3) is 0 Å². The number of nitrogens with zero attached hydrogens (tertiary/aromatic N) is 1. The van der Waals surface area contributed by atoms with E-state index >= 15 is 0 Å². The summed E-state index contributed by atoms with van der Waals surface area (Å²) in [6.45, 7) is 0.867. The van der Waals surface area contributed by atoms with Crippen LogP contribution in [0.1, 0.15) is 18.4 Å². The van der Waals surface area contributed by atoms with E-state index in [0.29, 0.717) is 6.04 Å². The number of hydrogen-bond acceptors (Lipinski definition) is 2. The Hall–Kier alpha value is -1.24. The minimum atomic E-state index is 0. The molecule has 4 nitrogen and oxygen atoms in total. The van der Waals surface area contributed by atoms with E-state index < -0.39 is 0 Å². The van der Waals surface area contributed by atoms with Crippen molar-refractivity contribution in [2.75, 3.05) is 20.7 Å². The number of aliphatic imine (C=N–C) groups is 1. The van der Waals surface area contributed by atoms with Crippen LogP contribution in [0.15, 0.2) is 41.4 Å². The molecule has 2 N–H and O–H groups in total. The average molecular weight is 401 g/mol. The molecular weight excluding hydrogens is 377 g/mol. The first-order chi connectivity index (χ1) is 9.81. The molecular formula is C16H24IN3O. The van der Waals surface area contributed by atoms with Gasteiger partial charge in [0.05, 0.1) is 7.11 Å². The molecule has 0 radical (unpaired) electrons. The Morgan fingerprint density at radius 1 is 1.24 bits per heavy atom. The molecule has 0 heterocycles. The van der Waals surface area contributed by atoms with E-state index in [2.05, 4.69) is 39.9 Å². The van der Waals surface area contributed by atoms with Crippen LogP contribution in [0.2, 0.25) is 0 Å². The van der Waals surface area contributed by atoms with Gasteiger partial charge in [0.15, 0.2) is 5.96 Å². The van der Waals surface area contributed by atoms with Crippen molar-refractivity contribution in [3.05, 3.63) is 42.0 Å². The van der Waals surface area contributed by atoms with Gasteiger partial charge in [-0.2, -0.15) is 0 Å². The summed E-state index contributed by atoms with van der Waals surface area (Å²) in [6.07, 6.45) is 7.55. The number of rotatable bonds is 5. The Balaban J connectivity index is 0.00000220. The third-order valence-corrected chi connectivity index (χ3v) is 3.44. The average Bonchev–Trinajstić information content (AvgIpc) is 3.00. The topological polar surface area (TPSA) is 45.7 Å². The minimum Gasteiger partial charge on any atom is -0.497 e. The molecule has 116 valence electrons. The Morgan fingerprint density at radius 2 is 1.90 bits per heavy atom. The number of guanidine groups is 1. The molecule has 2 rings (SSSR count). The summed E-state index contributed by atoms with van der Waals surface area (Å²) in [5, 5.41) is 6.78. The molecule has 1 aromatic rings. The number of hydrogen-bond donors (Lipinski definition) is 2. The lowest BCUT2D eigenvalue weighted by atomic mass is 10.1. The smallest absolute Gasteiger partial charge is 0.191 e. The van der Waals surface area contributed by atoms with Crippen LogP contribution in [-0.2, 0) is 6.42 Å². The van der Waals surface area contributed by atoms with Crippen molar-refractivity contribution in [3.8, 4) is 5.75 Å². The van der Waals surface area contributed by atoms with E-state index in [4.69, 9.17) is 4.74 Å². The summed E-state index contributed by atoms with van der Waals surface area (Å²) in [5.74, 6) is 1.78. The summed E-state index contributed by atoms with van der Waals surface area (Å²) >= 11 is 0. The molecule has 1 aromatic carbocycles. The van der Waals surface area contributed by atoms with E-state index in [1.807, 2.05) is 19.2 Å². The molecule has 0 amide bonds. The highest BCUT2D eigenvalue weighted by Crippen LogP contribution is 2.11. The molecule has 0 saturated heterocycles. The Morgan fingerprint density at radius 3 is 2.48 bits per heavy atom. The van der Waals surface area contributed by atoms with Crippen molar-refractivity contribution < 1.29 is 4.74 Å². The molecule has 0 aliphatic heterocycles. The quantitative estimate of drug-likeness (QED) is 0.345. The Labute approximate surface area is 144 Å². The van der Waals surface area contributed by atoms with Gasteiger partial charge in [0.25, 0.3) is 0 Å². The summed E-state index contributed by atoms with van der Waals surface area (Å²) in [7, 11) is 3.50. The first-order valence-corrected chi connectivity index (χ1v) is 7.07. The number of halogens is 1. The fraction of sp³-hybridized carbons (Fsp3) is 0.438. The fourth-order valence-electron chi connectivity index (χ4n) is 2.24. The molecule has 0 atom stereocenters. The van der Waals surface area contributed by atoms with Gasteiger partial charge in [-0.1, -0.05) is 24.3 Å². The zero-order valence-corrected chi connectivity index (χ0v) is 15.0. The minimum absolute atomic E-state index is 0. The fourth-order valence-corrected chi connectivity index (χ4v) is 2.24. The van der Waals surface area contributed by atoms with Crippen LogP contribution in [0.5, 0.6) is 5.75 Å². The zero-order valence-electron chi connectivity index (χ0n) is 12.6. The SMILES string of the molecule is CN=C(NCCc1ccc(OC)cc1)NC1CC=CC1.I. The number of methoxy groups -OCH3 is 1. The third-order valence-electron chi connectivity index (χ3n) is 3.44. The lowest BCUT2D eigenvalue weighted by Crippen LogP contribution is -2.43. The molecule has 1 aliphatic rings. The summed E-state index contributed by atoms with van der Waals surface area (Å²) in [5.41, 5.74) is 1.29. The number of benzene rings is 1. The standard InChI is InChI=1S/C16H23N3O.HI/c1-17-16(19-14-5-3-4-6-14)18-12-11-13-7-9-15(20-2)10-8-13;/h3-4,7-10,14H,5-6,11-12H2,1-2H3,(H2,17,18,19);1H. The van der Waals surface area contributed by atoms with Crippen LogP contribution in [0.4, 0.5) is 0 Å². The molecule has 0 aromatic heterocycles. The van der Waals surface area contributed by atoms with Gasteiger partial charge in [-0.3, -0.25) is 4.99 Å². The maximum absolute atomic E-state index is 5.15. The van der Waals surface area contributed by atoms with Gasteiger partial charge >= 0.3 is 0 Å². The van der Waals surface area contributed by atoms with Crippen molar-refractivity contribution >= 4 is 29.9 Å². The van der Waals surface area contributed by atoms with Gasteiger partial charge in [0, 0.05) is 19.6 Å². The molecule has 0 bridgehead atoms. The monoisotopic (exact) mass is 401 g/mol. The van der Waals surface area contributed by atoms with Gasteiger partial charge in [-0.15, -0.1) is 24.0 Å². The maximum Gasteiger partial charge on any atom is 0.191 e. The predicted molar refractivity (Wildman–Crippen MR) is 98.8 cm³/mol. The highest BCUT2D eigenvalue weighted by atomic mass is 127. The van der Waals surface area contributed by atoms with E-state index in [-0.39, 0.29) is 24.0 Å². The first-order valence-electron chi connectivity index (χ1n) is 7.07. The predicted octanol–water partition coefficient (Wildman–Crippen LogP) is 2.74. The second-order valence-corrected chi connectivity index (χ2v) is 4.88. The second kappa shape index (κ2) is 9.65. The molecule has 0 spiro atoms. The van der Waals surface area contributed by atoms with Gasteiger partial charge in [-0.05, 0) is 37.0 Å². The van der Waals surface area contributed by atoms with Crippen LogP contribution < -0.4 is 15.4 Å². The molecule has 5 heteroatoms. The van der Waals surface area contributed by atoms with Crippen LogP contribution in [-0.4, -0.2) is 32.7 Å². The van der Waals surface area contributed by atoms with Crippen molar-refractivity contribution in [2.24, 2.45) is 4.99 Å². The summed E-state index contributed by atoms with van der Waals surface area (Å²) in [6, 6.07) is 8.66. The van der Waals surface area contributed by atoms with Crippen molar-refractivity contribution in [2.45, 2.75) is 25.3 Å². The van der Waals surface area contributed by atoms with E-state index in [9.17, 15) is 0 Å². The number of nitrogens with one attached hydrogen (secondary N) is 2. The van der Waals surface area contributed by atoms with Crippen molar-refractivity contribution in [1.82, 2.24) is 10.6 Å². The molecule has 0 fully saturated rings. The van der Waals surface area contributed by atoms with E-state index in [1.165, 1.54) is 5.56 Å². The van der Waals surface area contributed by atoms with Crippen LogP contribution >= 0.6 is 24.0 Å². The van der Waals surface area contributed by atoms with Gasteiger partial charge in [0.1, 0.15) is 5.75 Å². The maximum atomic E-state index is 5.15. The lowest BCUT2D eigenvalue weighted by molar-refractivity contribution is 0.414. The largest absolute Gasteiger partial charge is 0.497 e. The van der Waals surface area contributed by atoms with E-state index in [0.717, 1.165) is 37.5 Å². The Bertz CT molecular complexity index is 463. The summed E-state index contributed by atoms with van der Waals surface area (Å²) < 4.78 is 5.15. The molecule has 21 heavy (non-hydrogen) atoms. The molecule has 0 saturated carbocycles. The molecule has 1 aliphatic carbocycles. The Kier molecular flexibility index (Phi) is 8.19. The second-order valence-electron chi connectivity index (χ2n) is 4.88. The molecule has 0 unspecified atom stereocenters. The van der Waals surface area contributed by atoms with Crippen LogP contribution in [0.3, 0.4) is 0 Å². The van der Waals surface area contributed by atoms with Crippen LogP contribution in [0, 0.1) is 0 Å². The normalized spacial score (nSPS) is 14.7. The zero-order chi connectivity index (χ0) is 14.2. The van der Waals surface area contributed by atoms with Gasteiger partial charge < -0.3 is 15.4 Å². The first kappa shape index (κ1) is 17.8. The van der Waals surface area contributed by atoms with E-state index in [1.54, 1.807) is 7.11 Å². The van der Waals surface area contributed by atoms with Crippen molar-refractivity contribution in [3.63, 3.8) is 0 Å². The lowest BCUT2D eigenvalue weighted by Gasteiger charge is -2.16. The van der Waals surface area contributed by atoms with Crippen molar-refractivity contribution in [1.29, 1.82) is 0 Å². The number of ether oxygens (including phenoxy) is 1. The third kappa shape index (κ3) is 5.95. The highest BCUT2D eigenvalue weighted by Gasteiger charge is 2.11.